The summed E-state index contributed by atoms with van der Waals surface area (Å²) in [7, 11) is 0. The second-order valence-electron chi connectivity index (χ2n) is 7.46. The fourth-order valence-electron chi connectivity index (χ4n) is 2.82. The molecule has 1 amide bonds. The normalized spacial score (nSPS) is 11.5. The van der Waals surface area contributed by atoms with E-state index in [0.29, 0.717) is 18.2 Å². The summed E-state index contributed by atoms with van der Waals surface area (Å²) >= 11 is 0. The highest BCUT2D eigenvalue weighted by molar-refractivity contribution is 5.92. The Balaban J connectivity index is 1.65. The molecule has 0 saturated heterocycles. The summed E-state index contributed by atoms with van der Waals surface area (Å²) in [6, 6.07) is 9.86. The molecule has 0 saturated carbocycles. The number of nitrogens with zero attached hydrogens (tertiary/aromatic N) is 2. The van der Waals surface area contributed by atoms with Crippen molar-refractivity contribution >= 4 is 22.8 Å². The summed E-state index contributed by atoms with van der Waals surface area (Å²) in [5.41, 5.74) is 3.27. The Morgan fingerprint density at radius 1 is 1.19 bits per heavy atom. The average molecular weight is 351 g/mol. The Hall–Kier alpha value is -2.89. The maximum Gasteiger partial charge on any atom is 0.270 e. The summed E-state index contributed by atoms with van der Waals surface area (Å²) in [6.45, 7) is 8.49. The van der Waals surface area contributed by atoms with Gasteiger partial charge in [-0.2, -0.15) is 0 Å². The fourth-order valence-corrected chi connectivity index (χ4v) is 2.82. The van der Waals surface area contributed by atoms with Gasteiger partial charge >= 0.3 is 0 Å². The van der Waals surface area contributed by atoms with Gasteiger partial charge in [-0.15, -0.1) is 0 Å². The minimum absolute atomic E-state index is 0.170. The lowest BCUT2D eigenvalue weighted by Crippen LogP contribution is -2.30. The van der Waals surface area contributed by atoms with Gasteiger partial charge in [0.25, 0.3) is 5.91 Å². The number of amides is 1. The number of nitrogens with one attached hydrogen (secondary N) is 3. The molecular formula is C20H25N5O. The van der Waals surface area contributed by atoms with Crippen LogP contribution >= 0.6 is 0 Å². The molecule has 0 radical (unpaired) electrons. The smallest absolute Gasteiger partial charge is 0.270 e. The van der Waals surface area contributed by atoms with Gasteiger partial charge in [0.05, 0.1) is 0 Å². The maximum atomic E-state index is 12.5. The van der Waals surface area contributed by atoms with Crippen molar-refractivity contribution in [3.8, 4) is 0 Å². The van der Waals surface area contributed by atoms with E-state index in [1.807, 2.05) is 52.1 Å². The van der Waals surface area contributed by atoms with Crippen LogP contribution < -0.4 is 10.6 Å². The van der Waals surface area contributed by atoms with Gasteiger partial charge in [-0.3, -0.25) is 4.79 Å². The molecular weight excluding hydrogens is 326 g/mol. The number of rotatable bonds is 5. The molecule has 3 N–H and O–H groups in total. The first-order valence-electron chi connectivity index (χ1n) is 8.79. The van der Waals surface area contributed by atoms with Crippen LogP contribution in [0.4, 0.5) is 5.95 Å². The number of benzene rings is 1. The van der Waals surface area contributed by atoms with Crippen molar-refractivity contribution in [2.75, 3.05) is 11.9 Å². The van der Waals surface area contributed by atoms with Crippen molar-refractivity contribution in [3.63, 3.8) is 0 Å². The van der Waals surface area contributed by atoms with Crippen LogP contribution in [0.25, 0.3) is 10.9 Å². The zero-order valence-electron chi connectivity index (χ0n) is 15.7. The van der Waals surface area contributed by atoms with Crippen LogP contribution in [-0.2, 0) is 6.42 Å². The minimum Gasteiger partial charge on any atom is -0.361 e. The summed E-state index contributed by atoms with van der Waals surface area (Å²) in [5, 5.41) is 7.35. The van der Waals surface area contributed by atoms with Gasteiger partial charge in [0.2, 0.25) is 5.95 Å². The summed E-state index contributed by atoms with van der Waals surface area (Å²) in [4.78, 5) is 24.4. The number of anilines is 1. The highest BCUT2D eigenvalue weighted by Crippen LogP contribution is 2.17. The Morgan fingerprint density at radius 3 is 2.73 bits per heavy atom. The lowest BCUT2D eigenvalue weighted by Gasteiger charge is -2.20. The second kappa shape index (κ2) is 7.15. The Morgan fingerprint density at radius 2 is 1.96 bits per heavy atom. The zero-order chi connectivity index (χ0) is 18.7. The third-order valence-corrected chi connectivity index (χ3v) is 3.93. The van der Waals surface area contributed by atoms with E-state index in [9.17, 15) is 4.79 Å². The predicted molar refractivity (Wildman–Crippen MR) is 104 cm³/mol. The maximum absolute atomic E-state index is 12.5. The number of aromatic amines is 1. The van der Waals surface area contributed by atoms with Crippen LogP contribution in [0.15, 0.2) is 36.5 Å². The van der Waals surface area contributed by atoms with Crippen molar-refractivity contribution in [2.45, 2.75) is 39.7 Å². The SMILES string of the molecule is Cc1cc(C(=O)NCCc2c[nH]c3ccccc23)nc(NC(C)(C)C)n1. The van der Waals surface area contributed by atoms with E-state index < -0.39 is 0 Å². The zero-order valence-corrected chi connectivity index (χ0v) is 15.7. The Labute approximate surface area is 153 Å². The molecule has 0 atom stereocenters. The van der Waals surface area contributed by atoms with E-state index in [1.165, 1.54) is 10.9 Å². The van der Waals surface area contributed by atoms with Crippen LogP contribution in [0.3, 0.4) is 0 Å². The standard InChI is InChI=1S/C20H25N5O/c1-13-11-17(24-19(23-13)25-20(2,3)4)18(26)21-10-9-14-12-22-16-8-6-5-7-15(14)16/h5-8,11-12,22H,9-10H2,1-4H3,(H,21,26)(H,23,24,25). The van der Waals surface area contributed by atoms with E-state index in [0.717, 1.165) is 17.6 Å². The molecule has 6 heteroatoms. The van der Waals surface area contributed by atoms with Crippen molar-refractivity contribution < 1.29 is 4.79 Å². The number of hydrogen-bond acceptors (Lipinski definition) is 4. The lowest BCUT2D eigenvalue weighted by molar-refractivity contribution is 0.0949. The first-order valence-corrected chi connectivity index (χ1v) is 8.79. The van der Waals surface area contributed by atoms with E-state index in [-0.39, 0.29) is 11.4 Å². The molecule has 2 heterocycles. The third-order valence-electron chi connectivity index (χ3n) is 3.93. The fraction of sp³-hybridized carbons (Fsp3) is 0.350. The van der Waals surface area contributed by atoms with Gasteiger partial charge in [-0.05, 0) is 51.8 Å². The molecule has 0 fully saturated rings. The van der Waals surface area contributed by atoms with Gasteiger partial charge in [0.1, 0.15) is 5.69 Å². The second-order valence-corrected chi connectivity index (χ2v) is 7.46. The van der Waals surface area contributed by atoms with Gasteiger partial charge in [-0.25, -0.2) is 9.97 Å². The lowest BCUT2D eigenvalue weighted by atomic mass is 10.1. The molecule has 3 aromatic rings. The Bertz CT molecular complexity index is 923. The van der Waals surface area contributed by atoms with E-state index in [1.54, 1.807) is 6.07 Å². The molecule has 6 nitrogen and oxygen atoms in total. The van der Waals surface area contributed by atoms with E-state index in [4.69, 9.17) is 0 Å². The summed E-state index contributed by atoms with van der Waals surface area (Å²) in [6.07, 6.45) is 2.75. The van der Waals surface area contributed by atoms with Crippen LogP contribution in [-0.4, -0.2) is 32.9 Å². The number of fused-ring (bicyclic) bond motifs is 1. The van der Waals surface area contributed by atoms with Gasteiger partial charge in [-0.1, -0.05) is 18.2 Å². The number of aryl methyl sites for hydroxylation is 1. The van der Waals surface area contributed by atoms with Crippen molar-refractivity contribution in [1.82, 2.24) is 20.3 Å². The molecule has 1 aromatic carbocycles. The largest absolute Gasteiger partial charge is 0.361 e. The number of hydrogen-bond donors (Lipinski definition) is 3. The quantitative estimate of drug-likeness (QED) is 0.657. The number of carbonyl (C=O) groups is 1. The van der Waals surface area contributed by atoms with E-state index >= 15 is 0 Å². The highest BCUT2D eigenvalue weighted by Gasteiger charge is 2.15. The number of H-pyrrole nitrogens is 1. The topological polar surface area (TPSA) is 82.7 Å². The molecule has 2 aromatic heterocycles. The molecule has 136 valence electrons. The molecule has 26 heavy (non-hydrogen) atoms. The van der Waals surface area contributed by atoms with Crippen LogP contribution in [0.5, 0.6) is 0 Å². The molecule has 0 unspecified atom stereocenters. The highest BCUT2D eigenvalue weighted by atomic mass is 16.1. The van der Waals surface area contributed by atoms with Crippen molar-refractivity contribution in [1.29, 1.82) is 0 Å². The first kappa shape index (κ1) is 17.9. The van der Waals surface area contributed by atoms with Crippen molar-refractivity contribution in [3.05, 3.63) is 53.5 Å². The van der Waals surface area contributed by atoms with Crippen molar-refractivity contribution in [2.24, 2.45) is 0 Å². The van der Waals surface area contributed by atoms with Crippen LogP contribution in [0.2, 0.25) is 0 Å². The summed E-state index contributed by atoms with van der Waals surface area (Å²) < 4.78 is 0. The number of aromatic nitrogens is 3. The van der Waals surface area contributed by atoms with Crippen LogP contribution in [0.1, 0.15) is 42.5 Å². The number of para-hydroxylation sites is 1. The Kier molecular flexibility index (Phi) is 4.93. The van der Waals surface area contributed by atoms with Gasteiger partial charge in [0, 0.05) is 34.9 Å². The first-order chi connectivity index (χ1) is 12.3. The molecule has 0 aliphatic heterocycles. The molecule has 0 aliphatic rings. The molecule has 0 aliphatic carbocycles. The summed E-state index contributed by atoms with van der Waals surface area (Å²) in [5.74, 6) is 0.284. The number of carbonyl (C=O) groups excluding carboxylic acids is 1. The monoisotopic (exact) mass is 351 g/mol. The third kappa shape index (κ3) is 4.39. The van der Waals surface area contributed by atoms with Crippen LogP contribution in [0, 0.1) is 6.92 Å². The van der Waals surface area contributed by atoms with E-state index in [2.05, 4.69) is 31.7 Å². The predicted octanol–water partition coefficient (Wildman–Crippen LogP) is 3.45. The minimum atomic E-state index is -0.188. The average Bonchev–Trinajstić information content (AvgIpc) is 2.96. The molecule has 0 spiro atoms. The molecule has 0 bridgehead atoms. The molecule has 3 rings (SSSR count). The van der Waals surface area contributed by atoms with Gasteiger partial charge < -0.3 is 15.6 Å². The van der Waals surface area contributed by atoms with Gasteiger partial charge in [0.15, 0.2) is 0 Å².